The van der Waals surface area contributed by atoms with Crippen LogP contribution in [0.1, 0.15) is 38.7 Å². The number of nitrogens with one attached hydrogen (secondary N) is 2. The monoisotopic (exact) mass is 507 g/mol. The highest BCUT2D eigenvalue weighted by molar-refractivity contribution is 14.0. The van der Waals surface area contributed by atoms with Crippen molar-refractivity contribution in [1.29, 1.82) is 0 Å². The number of thiophene rings is 1. The molecule has 0 fully saturated rings. The van der Waals surface area contributed by atoms with E-state index in [4.69, 9.17) is 11.6 Å². The van der Waals surface area contributed by atoms with E-state index >= 15 is 0 Å². The van der Waals surface area contributed by atoms with Crippen LogP contribution < -0.4 is 10.6 Å². The third-order valence-corrected chi connectivity index (χ3v) is 6.23. The molecule has 1 heterocycles. The van der Waals surface area contributed by atoms with Crippen molar-refractivity contribution in [3.05, 3.63) is 21.3 Å². The van der Waals surface area contributed by atoms with Gasteiger partial charge in [-0.05, 0) is 39.8 Å². The maximum Gasteiger partial charge on any atom is 0.191 e. The molecular weight excluding hydrogens is 481 g/mol. The highest BCUT2D eigenvalue weighted by Crippen LogP contribution is 2.26. The molecule has 1 aromatic heterocycles. The molecule has 2 unspecified atom stereocenters. The Bertz CT molecular complexity index is 547. The van der Waals surface area contributed by atoms with Crippen LogP contribution in [0.4, 0.5) is 0 Å². The van der Waals surface area contributed by atoms with Gasteiger partial charge in [-0.1, -0.05) is 11.6 Å². The van der Waals surface area contributed by atoms with Gasteiger partial charge in [0, 0.05) is 39.3 Å². The molecule has 9 heteroatoms. The number of nitrogens with zero attached hydrogens (tertiary/aromatic N) is 1. The molecule has 0 saturated heterocycles. The molecule has 3 N–H and O–H groups in total. The number of rotatable bonds is 7. The van der Waals surface area contributed by atoms with Gasteiger partial charge in [0.25, 0.3) is 0 Å². The average molecular weight is 508 g/mol. The summed E-state index contributed by atoms with van der Waals surface area (Å²) < 4.78 is 12.5. The van der Waals surface area contributed by atoms with Crippen molar-refractivity contribution in [2.75, 3.05) is 25.4 Å². The number of halogens is 2. The largest absolute Gasteiger partial charge is 0.386 e. The van der Waals surface area contributed by atoms with E-state index in [1.54, 1.807) is 12.1 Å². The smallest absolute Gasteiger partial charge is 0.191 e. The zero-order chi connectivity index (χ0) is 17.5. The molecule has 0 amide bonds. The Hall–Kier alpha value is 0.1000. The van der Waals surface area contributed by atoms with Gasteiger partial charge in [-0.2, -0.15) is 0 Å². The molecule has 0 aliphatic carbocycles. The van der Waals surface area contributed by atoms with Crippen LogP contribution in [0, 0.1) is 0 Å². The second kappa shape index (κ2) is 11.7. The van der Waals surface area contributed by atoms with Crippen molar-refractivity contribution in [2.45, 2.75) is 38.5 Å². The van der Waals surface area contributed by atoms with Gasteiger partial charge in [0.05, 0.1) is 10.9 Å². The Morgan fingerprint density at radius 3 is 2.58 bits per heavy atom. The Morgan fingerprint density at radius 1 is 1.42 bits per heavy atom. The van der Waals surface area contributed by atoms with Gasteiger partial charge in [-0.25, -0.2) is 0 Å². The second-order valence-corrected chi connectivity index (χ2v) is 10.0. The van der Waals surface area contributed by atoms with Gasteiger partial charge < -0.3 is 15.7 Å². The van der Waals surface area contributed by atoms with E-state index in [-0.39, 0.29) is 35.3 Å². The number of hydrogen-bond acceptors (Lipinski definition) is 4. The summed E-state index contributed by atoms with van der Waals surface area (Å²) in [6.07, 6.45) is -0.674. The molecule has 0 spiro atoms. The summed E-state index contributed by atoms with van der Waals surface area (Å²) in [6, 6.07) is 3.57. The van der Waals surface area contributed by atoms with Gasteiger partial charge in [-0.15, -0.1) is 35.3 Å². The number of hydrogen-bond donors (Lipinski definition) is 3. The quantitative estimate of drug-likeness (QED) is 0.301. The number of aliphatic imine (C=N–C) groups is 1. The predicted octanol–water partition coefficient (Wildman–Crippen LogP) is 3.16. The normalized spacial score (nSPS) is 14.7. The summed E-state index contributed by atoms with van der Waals surface area (Å²) >= 11 is 7.22. The third-order valence-electron chi connectivity index (χ3n) is 2.95. The lowest BCUT2D eigenvalue weighted by Crippen LogP contribution is -2.40. The van der Waals surface area contributed by atoms with Crippen LogP contribution in [0.2, 0.25) is 4.34 Å². The summed E-state index contributed by atoms with van der Waals surface area (Å²) in [5, 5.41) is 16.4. The molecule has 0 saturated carbocycles. The molecule has 0 aliphatic rings. The molecule has 0 bridgehead atoms. The molecule has 0 aromatic carbocycles. The Balaban J connectivity index is 0.00000529. The highest BCUT2D eigenvalue weighted by Gasteiger charge is 2.18. The first-order chi connectivity index (χ1) is 10.7. The molecule has 1 aromatic rings. The zero-order valence-electron chi connectivity index (χ0n) is 14.5. The van der Waals surface area contributed by atoms with Gasteiger partial charge in [0.1, 0.15) is 6.10 Å². The number of aliphatic hydroxyl groups excluding tert-OH is 1. The molecule has 24 heavy (non-hydrogen) atoms. The van der Waals surface area contributed by atoms with E-state index in [1.807, 2.05) is 27.7 Å². The Labute approximate surface area is 173 Å². The summed E-state index contributed by atoms with van der Waals surface area (Å²) in [5.41, 5.74) is 0. The summed E-state index contributed by atoms with van der Waals surface area (Å²) in [6.45, 7) is 9.39. The van der Waals surface area contributed by atoms with Crippen LogP contribution in [0.5, 0.6) is 0 Å². The topological polar surface area (TPSA) is 73.7 Å². The van der Waals surface area contributed by atoms with E-state index < -0.39 is 16.9 Å². The van der Waals surface area contributed by atoms with Gasteiger partial charge in [0.15, 0.2) is 5.96 Å². The van der Waals surface area contributed by atoms with Crippen LogP contribution >= 0.6 is 46.9 Å². The van der Waals surface area contributed by atoms with Crippen molar-refractivity contribution in [3.8, 4) is 0 Å². The minimum absolute atomic E-state index is 0. The molecule has 0 radical (unpaired) electrons. The summed E-state index contributed by atoms with van der Waals surface area (Å²) in [4.78, 5) is 5.16. The SMILES string of the molecule is CCNC(=NCC(O)c1ccc(Cl)s1)NCCS(=O)C(C)(C)C.I. The van der Waals surface area contributed by atoms with Crippen molar-refractivity contribution in [2.24, 2.45) is 4.99 Å². The second-order valence-electron chi connectivity index (χ2n) is 5.97. The first kappa shape index (κ1) is 24.1. The van der Waals surface area contributed by atoms with E-state index in [0.29, 0.717) is 22.6 Å². The molecule has 140 valence electrons. The van der Waals surface area contributed by atoms with Crippen molar-refractivity contribution in [1.82, 2.24) is 10.6 Å². The molecule has 0 aliphatic heterocycles. The first-order valence-electron chi connectivity index (χ1n) is 7.58. The van der Waals surface area contributed by atoms with E-state index in [1.165, 1.54) is 11.3 Å². The van der Waals surface area contributed by atoms with Crippen LogP contribution in [-0.4, -0.2) is 45.4 Å². The Morgan fingerprint density at radius 2 is 2.08 bits per heavy atom. The van der Waals surface area contributed by atoms with Gasteiger partial charge >= 0.3 is 0 Å². The summed E-state index contributed by atoms with van der Waals surface area (Å²) in [7, 11) is -0.905. The fourth-order valence-corrected chi connectivity index (χ4v) is 3.62. The van der Waals surface area contributed by atoms with Crippen molar-refractivity contribution >= 4 is 63.7 Å². The predicted molar refractivity (Wildman–Crippen MR) is 116 cm³/mol. The van der Waals surface area contributed by atoms with Gasteiger partial charge in [-0.3, -0.25) is 9.20 Å². The lowest BCUT2D eigenvalue weighted by atomic mass is 10.3. The Kier molecular flexibility index (Phi) is 11.7. The fraction of sp³-hybridized carbons (Fsp3) is 0.667. The average Bonchev–Trinajstić information content (AvgIpc) is 2.90. The van der Waals surface area contributed by atoms with Crippen LogP contribution in [0.3, 0.4) is 0 Å². The minimum Gasteiger partial charge on any atom is -0.386 e. The lowest BCUT2D eigenvalue weighted by Gasteiger charge is -2.18. The van der Waals surface area contributed by atoms with E-state index in [2.05, 4.69) is 15.6 Å². The lowest BCUT2D eigenvalue weighted by molar-refractivity contribution is 0.191. The highest BCUT2D eigenvalue weighted by atomic mass is 127. The van der Waals surface area contributed by atoms with E-state index in [9.17, 15) is 9.32 Å². The zero-order valence-corrected chi connectivity index (χ0v) is 19.2. The first-order valence-corrected chi connectivity index (χ1v) is 10.1. The van der Waals surface area contributed by atoms with Crippen molar-refractivity contribution in [3.63, 3.8) is 0 Å². The van der Waals surface area contributed by atoms with E-state index in [0.717, 1.165) is 11.4 Å². The molecule has 5 nitrogen and oxygen atoms in total. The van der Waals surface area contributed by atoms with Crippen LogP contribution in [0.25, 0.3) is 0 Å². The standard InChI is InChI=1S/C15H26ClN3O2S2.HI/c1-5-17-14(18-8-9-23(21)15(2,3)4)19-10-11(20)12-6-7-13(16)22-12;/h6-7,11,20H,5,8-10H2,1-4H3,(H2,17,18,19);1H. The molecule has 1 rings (SSSR count). The number of aliphatic hydroxyl groups is 1. The molecular formula is C15H27ClIN3O2S2. The van der Waals surface area contributed by atoms with Gasteiger partial charge in [0.2, 0.25) is 0 Å². The maximum atomic E-state index is 12.0. The van der Waals surface area contributed by atoms with Crippen LogP contribution in [-0.2, 0) is 10.8 Å². The van der Waals surface area contributed by atoms with Crippen molar-refractivity contribution < 1.29 is 9.32 Å². The molecule has 2 atom stereocenters. The maximum absolute atomic E-state index is 12.0. The third kappa shape index (κ3) is 8.98. The number of guanidine groups is 1. The minimum atomic E-state index is -0.905. The van der Waals surface area contributed by atoms with Crippen LogP contribution in [0.15, 0.2) is 17.1 Å². The fourth-order valence-electron chi connectivity index (χ4n) is 1.69. The summed E-state index contributed by atoms with van der Waals surface area (Å²) in [5.74, 6) is 1.16.